The maximum absolute atomic E-state index is 13.3. The minimum Gasteiger partial charge on any atom is -0.497 e. The Kier molecular flexibility index (Phi) is 6.71. The number of carbonyl (C=O) groups is 2. The number of ether oxygens (including phenoxy) is 1. The smallest absolute Gasteiger partial charge is 0.268 e. The highest BCUT2D eigenvalue weighted by Crippen LogP contribution is 2.32. The molecule has 164 valence electrons. The van der Waals surface area contributed by atoms with E-state index in [0.717, 1.165) is 41.0 Å². The summed E-state index contributed by atoms with van der Waals surface area (Å²) in [5.74, 6) is 0.212. The normalized spacial score (nSPS) is 15.6. The fraction of sp³-hybridized carbons (Fsp3) is 0.231. The third kappa shape index (κ3) is 5.08. The van der Waals surface area contributed by atoms with Crippen LogP contribution < -0.4 is 15.4 Å². The van der Waals surface area contributed by atoms with Crippen LogP contribution in [-0.4, -0.2) is 18.9 Å². The van der Waals surface area contributed by atoms with Crippen molar-refractivity contribution in [2.75, 3.05) is 7.11 Å². The molecule has 5 nitrogen and oxygen atoms in total. The molecule has 1 atom stereocenters. The Morgan fingerprint density at radius 2 is 1.94 bits per heavy atom. The van der Waals surface area contributed by atoms with Gasteiger partial charge in [0.15, 0.2) is 0 Å². The van der Waals surface area contributed by atoms with Gasteiger partial charge in [0, 0.05) is 10.4 Å². The Hall–Kier alpha value is -3.38. The van der Waals surface area contributed by atoms with Crippen molar-refractivity contribution in [1.82, 2.24) is 10.6 Å². The van der Waals surface area contributed by atoms with Crippen LogP contribution in [0.5, 0.6) is 5.75 Å². The molecule has 0 aliphatic heterocycles. The van der Waals surface area contributed by atoms with Gasteiger partial charge in [0.2, 0.25) is 0 Å². The van der Waals surface area contributed by atoms with Gasteiger partial charge >= 0.3 is 0 Å². The van der Waals surface area contributed by atoms with Gasteiger partial charge < -0.3 is 15.4 Å². The van der Waals surface area contributed by atoms with Crippen molar-refractivity contribution in [3.05, 3.63) is 92.8 Å². The molecule has 0 fully saturated rings. The summed E-state index contributed by atoms with van der Waals surface area (Å²) in [6.07, 6.45) is 4.51. The SMILES string of the molecule is COc1ccc2c(c1)CCC[C@H]2NC(=O)/C(=C/c1cccs1)NC(=O)c1ccc(C)cc1. The van der Waals surface area contributed by atoms with E-state index in [4.69, 9.17) is 4.74 Å². The predicted molar refractivity (Wildman–Crippen MR) is 128 cm³/mol. The zero-order valence-corrected chi connectivity index (χ0v) is 19.0. The molecule has 1 heterocycles. The predicted octanol–water partition coefficient (Wildman–Crippen LogP) is 5.03. The van der Waals surface area contributed by atoms with Crippen molar-refractivity contribution in [2.24, 2.45) is 0 Å². The maximum atomic E-state index is 13.3. The molecule has 1 aliphatic carbocycles. The van der Waals surface area contributed by atoms with E-state index in [9.17, 15) is 9.59 Å². The monoisotopic (exact) mass is 446 g/mol. The van der Waals surface area contributed by atoms with E-state index in [-0.39, 0.29) is 23.6 Å². The van der Waals surface area contributed by atoms with Gasteiger partial charge in [-0.15, -0.1) is 11.3 Å². The summed E-state index contributed by atoms with van der Waals surface area (Å²) >= 11 is 1.51. The van der Waals surface area contributed by atoms with Crippen LogP contribution in [0.1, 0.15) is 50.8 Å². The van der Waals surface area contributed by atoms with E-state index in [1.165, 1.54) is 16.9 Å². The van der Waals surface area contributed by atoms with E-state index < -0.39 is 0 Å². The molecular formula is C26H26N2O3S. The van der Waals surface area contributed by atoms with Crippen LogP contribution in [0, 0.1) is 6.92 Å². The Labute approximate surface area is 192 Å². The number of aryl methyl sites for hydroxylation is 2. The first-order chi connectivity index (χ1) is 15.5. The van der Waals surface area contributed by atoms with Crippen LogP contribution in [0.15, 0.2) is 65.7 Å². The maximum Gasteiger partial charge on any atom is 0.268 e. The second-order valence-corrected chi connectivity index (χ2v) is 8.86. The van der Waals surface area contributed by atoms with Crippen molar-refractivity contribution < 1.29 is 14.3 Å². The van der Waals surface area contributed by atoms with Crippen molar-refractivity contribution in [3.63, 3.8) is 0 Å². The number of carbonyl (C=O) groups excluding carboxylic acids is 2. The second kappa shape index (κ2) is 9.83. The van der Waals surface area contributed by atoms with Gasteiger partial charge in [-0.3, -0.25) is 9.59 Å². The summed E-state index contributed by atoms with van der Waals surface area (Å²) in [5, 5.41) is 7.89. The fourth-order valence-corrected chi connectivity index (χ4v) is 4.53. The van der Waals surface area contributed by atoms with E-state index in [2.05, 4.69) is 10.6 Å². The second-order valence-electron chi connectivity index (χ2n) is 7.88. The molecule has 0 bridgehead atoms. The molecule has 0 saturated carbocycles. The fourth-order valence-electron chi connectivity index (χ4n) is 3.88. The van der Waals surface area contributed by atoms with Gasteiger partial charge in [-0.25, -0.2) is 0 Å². The molecule has 6 heteroatoms. The van der Waals surface area contributed by atoms with Crippen LogP contribution in [0.4, 0.5) is 0 Å². The zero-order chi connectivity index (χ0) is 22.5. The van der Waals surface area contributed by atoms with Crippen molar-refractivity contribution in [3.8, 4) is 5.75 Å². The quantitative estimate of drug-likeness (QED) is 0.522. The van der Waals surface area contributed by atoms with Crippen LogP contribution >= 0.6 is 11.3 Å². The number of hydrogen-bond acceptors (Lipinski definition) is 4. The molecule has 1 aromatic heterocycles. The summed E-state index contributed by atoms with van der Waals surface area (Å²) in [6, 6.07) is 17.0. The Morgan fingerprint density at radius 1 is 1.12 bits per heavy atom. The molecule has 2 aromatic carbocycles. The van der Waals surface area contributed by atoms with E-state index >= 15 is 0 Å². The molecule has 0 unspecified atom stereocenters. The Balaban J connectivity index is 1.56. The van der Waals surface area contributed by atoms with Crippen molar-refractivity contribution >= 4 is 29.2 Å². The highest BCUT2D eigenvalue weighted by molar-refractivity contribution is 7.10. The lowest BCUT2D eigenvalue weighted by Gasteiger charge is -2.27. The lowest BCUT2D eigenvalue weighted by molar-refractivity contribution is -0.118. The van der Waals surface area contributed by atoms with Crippen molar-refractivity contribution in [1.29, 1.82) is 0 Å². The topological polar surface area (TPSA) is 67.4 Å². The van der Waals surface area contributed by atoms with E-state index in [1.54, 1.807) is 25.3 Å². The number of methoxy groups -OCH3 is 1. The number of amides is 2. The zero-order valence-electron chi connectivity index (χ0n) is 18.2. The minimum absolute atomic E-state index is 0.111. The molecule has 2 amide bonds. The van der Waals surface area contributed by atoms with Gasteiger partial charge in [-0.2, -0.15) is 0 Å². The van der Waals surface area contributed by atoms with E-state index in [1.807, 2.05) is 54.8 Å². The molecule has 1 aliphatic rings. The lowest BCUT2D eigenvalue weighted by Crippen LogP contribution is -2.37. The average molecular weight is 447 g/mol. The first-order valence-corrected chi connectivity index (χ1v) is 11.5. The van der Waals surface area contributed by atoms with Crippen molar-refractivity contribution in [2.45, 2.75) is 32.2 Å². The first-order valence-electron chi connectivity index (χ1n) is 10.6. The summed E-state index contributed by atoms with van der Waals surface area (Å²) in [7, 11) is 1.65. The molecule has 3 aromatic rings. The van der Waals surface area contributed by atoms with Gasteiger partial charge in [-0.1, -0.05) is 29.8 Å². The Morgan fingerprint density at radius 3 is 2.66 bits per heavy atom. The molecule has 0 radical (unpaired) electrons. The molecule has 0 spiro atoms. The van der Waals surface area contributed by atoms with Crippen LogP contribution in [0.3, 0.4) is 0 Å². The third-order valence-electron chi connectivity index (χ3n) is 5.61. The molecule has 0 saturated heterocycles. The average Bonchev–Trinajstić information content (AvgIpc) is 3.32. The van der Waals surface area contributed by atoms with Gasteiger partial charge in [-0.05, 0) is 79.1 Å². The first kappa shape index (κ1) is 21.8. The van der Waals surface area contributed by atoms with Crippen LogP contribution in [0.2, 0.25) is 0 Å². The third-order valence-corrected chi connectivity index (χ3v) is 6.43. The number of benzene rings is 2. The van der Waals surface area contributed by atoms with Crippen LogP contribution in [0.25, 0.3) is 6.08 Å². The summed E-state index contributed by atoms with van der Waals surface area (Å²) in [4.78, 5) is 27.0. The van der Waals surface area contributed by atoms with Gasteiger partial charge in [0.1, 0.15) is 11.4 Å². The lowest BCUT2D eigenvalue weighted by atomic mass is 9.87. The highest BCUT2D eigenvalue weighted by atomic mass is 32.1. The number of fused-ring (bicyclic) bond motifs is 1. The molecule has 32 heavy (non-hydrogen) atoms. The highest BCUT2D eigenvalue weighted by Gasteiger charge is 2.24. The van der Waals surface area contributed by atoms with E-state index in [0.29, 0.717) is 5.56 Å². The van der Waals surface area contributed by atoms with Crippen LogP contribution in [-0.2, 0) is 11.2 Å². The standard InChI is InChI=1S/C26H26N2O3S/c1-17-8-10-18(11-9-17)25(29)28-24(16-21-6-4-14-32-21)26(30)27-23-7-3-5-19-15-20(31-2)12-13-22(19)23/h4,6,8-16,23H,3,5,7H2,1-2H3,(H,27,30)(H,28,29)/b24-16-/t23-/m1/s1. The van der Waals surface area contributed by atoms with Gasteiger partial charge in [0.05, 0.1) is 13.2 Å². The summed E-state index contributed by atoms with van der Waals surface area (Å²) in [6.45, 7) is 1.97. The summed E-state index contributed by atoms with van der Waals surface area (Å²) < 4.78 is 5.34. The number of thiophene rings is 1. The summed E-state index contributed by atoms with van der Waals surface area (Å²) in [5.41, 5.74) is 4.11. The number of hydrogen-bond donors (Lipinski definition) is 2. The number of nitrogens with one attached hydrogen (secondary N) is 2. The Bertz CT molecular complexity index is 1130. The largest absolute Gasteiger partial charge is 0.497 e. The molecule has 4 rings (SSSR count). The minimum atomic E-state index is -0.309. The number of rotatable bonds is 6. The molecule has 2 N–H and O–H groups in total. The van der Waals surface area contributed by atoms with Gasteiger partial charge in [0.25, 0.3) is 11.8 Å². The molecular weight excluding hydrogens is 420 g/mol.